The molecule has 0 radical (unpaired) electrons. The maximum absolute atomic E-state index is 13.6. The quantitative estimate of drug-likeness (QED) is 0.916. The molecule has 2 aromatic rings. The second kappa shape index (κ2) is 5.98. The van der Waals surface area contributed by atoms with Crippen LogP contribution in [0.2, 0.25) is 0 Å². The first-order chi connectivity index (χ1) is 11.3. The number of aliphatic hydroxyl groups excluding tert-OH is 1. The van der Waals surface area contributed by atoms with Crippen LogP contribution in [-0.4, -0.2) is 38.3 Å². The van der Waals surface area contributed by atoms with Crippen molar-refractivity contribution in [2.75, 3.05) is 6.54 Å². The van der Waals surface area contributed by atoms with Gasteiger partial charge in [-0.05, 0) is 38.0 Å². The average Bonchev–Trinajstić information content (AvgIpc) is 3.02. The van der Waals surface area contributed by atoms with Crippen LogP contribution in [0.15, 0.2) is 18.2 Å². The molecule has 2 atom stereocenters. The van der Waals surface area contributed by atoms with Gasteiger partial charge in [-0.25, -0.2) is 8.78 Å². The fraction of sp³-hybridized carbons (Fsp3) is 0.412. The van der Waals surface area contributed by atoms with Gasteiger partial charge in [0, 0.05) is 19.3 Å². The first-order valence-corrected chi connectivity index (χ1v) is 7.73. The highest BCUT2D eigenvalue weighted by atomic mass is 19.2. The minimum absolute atomic E-state index is 0.149. The Labute approximate surface area is 138 Å². The summed E-state index contributed by atoms with van der Waals surface area (Å²) in [4.78, 5) is 14.5. The van der Waals surface area contributed by atoms with E-state index in [9.17, 15) is 18.7 Å². The molecular formula is C17H19F2N3O2. The van der Waals surface area contributed by atoms with Crippen molar-refractivity contribution in [3.63, 3.8) is 0 Å². The predicted molar refractivity (Wildman–Crippen MR) is 83.4 cm³/mol. The molecule has 3 rings (SSSR count). The van der Waals surface area contributed by atoms with Crippen LogP contribution < -0.4 is 0 Å². The number of halogens is 2. The Morgan fingerprint density at radius 3 is 2.58 bits per heavy atom. The van der Waals surface area contributed by atoms with Crippen LogP contribution in [0.1, 0.15) is 39.8 Å². The number of benzene rings is 1. The van der Waals surface area contributed by atoms with Crippen LogP contribution in [0.3, 0.4) is 0 Å². The van der Waals surface area contributed by atoms with Crippen molar-refractivity contribution in [1.29, 1.82) is 0 Å². The molecule has 1 aliphatic heterocycles. The van der Waals surface area contributed by atoms with Crippen molar-refractivity contribution in [3.05, 3.63) is 52.3 Å². The monoisotopic (exact) mass is 335 g/mol. The molecular weight excluding hydrogens is 316 g/mol. The van der Waals surface area contributed by atoms with Gasteiger partial charge in [-0.2, -0.15) is 5.10 Å². The Kier molecular flexibility index (Phi) is 4.13. The zero-order valence-corrected chi connectivity index (χ0v) is 13.8. The van der Waals surface area contributed by atoms with E-state index in [0.717, 1.165) is 17.8 Å². The number of β-amino-alcohol motifs (C(OH)–C–C–N with tert-alkyl or cyclic N) is 1. The summed E-state index contributed by atoms with van der Waals surface area (Å²) in [6.07, 6.45) is -0.417. The summed E-state index contributed by atoms with van der Waals surface area (Å²) in [5.74, 6) is -2.16. The fourth-order valence-electron chi connectivity index (χ4n) is 3.30. The number of nitrogens with zero attached hydrogens (tertiary/aromatic N) is 3. The van der Waals surface area contributed by atoms with E-state index in [1.54, 1.807) is 25.6 Å². The van der Waals surface area contributed by atoms with Crippen LogP contribution in [0.5, 0.6) is 0 Å². The van der Waals surface area contributed by atoms with Gasteiger partial charge in [0.15, 0.2) is 11.6 Å². The molecule has 0 saturated carbocycles. The smallest absolute Gasteiger partial charge is 0.258 e. The summed E-state index contributed by atoms with van der Waals surface area (Å²) in [6.45, 7) is 3.70. The van der Waals surface area contributed by atoms with E-state index in [2.05, 4.69) is 5.10 Å². The molecule has 1 aromatic carbocycles. The van der Waals surface area contributed by atoms with Crippen LogP contribution in [0, 0.1) is 25.5 Å². The van der Waals surface area contributed by atoms with Crippen molar-refractivity contribution in [3.8, 4) is 0 Å². The summed E-state index contributed by atoms with van der Waals surface area (Å²) in [5.41, 5.74) is 2.28. The second-order valence-electron chi connectivity index (χ2n) is 6.21. The van der Waals surface area contributed by atoms with E-state index in [1.807, 2.05) is 0 Å². The van der Waals surface area contributed by atoms with Crippen molar-refractivity contribution in [2.24, 2.45) is 7.05 Å². The standard InChI is InChI=1S/C17H19F2N3O2/c1-9-16(10(2)21(3)20-9)17(24)22-8-12(23)7-15(22)11-4-5-13(18)14(19)6-11/h4-6,12,15,23H,7-8H2,1-3H3/t12-,15+/m1/s1. The molecule has 0 bridgehead atoms. The first kappa shape index (κ1) is 16.6. The predicted octanol–water partition coefficient (Wildman–Crippen LogP) is 2.26. The normalized spacial score (nSPS) is 20.7. The zero-order chi connectivity index (χ0) is 17.6. The Morgan fingerprint density at radius 2 is 2.00 bits per heavy atom. The molecule has 1 aliphatic rings. The van der Waals surface area contributed by atoms with E-state index in [4.69, 9.17) is 0 Å². The third-order valence-corrected chi connectivity index (χ3v) is 4.59. The van der Waals surface area contributed by atoms with Crippen LogP contribution >= 0.6 is 0 Å². The Morgan fingerprint density at radius 1 is 1.29 bits per heavy atom. The Hall–Kier alpha value is -2.28. The molecule has 1 amide bonds. The molecule has 2 heterocycles. The fourth-order valence-corrected chi connectivity index (χ4v) is 3.30. The number of rotatable bonds is 2. The third kappa shape index (κ3) is 2.69. The summed E-state index contributed by atoms with van der Waals surface area (Å²) in [7, 11) is 1.75. The maximum Gasteiger partial charge on any atom is 0.258 e. The Bertz CT molecular complexity index is 803. The molecule has 24 heavy (non-hydrogen) atoms. The van der Waals surface area contributed by atoms with Gasteiger partial charge < -0.3 is 10.0 Å². The highest BCUT2D eigenvalue weighted by molar-refractivity contribution is 5.97. The zero-order valence-electron chi connectivity index (χ0n) is 13.8. The van der Waals surface area contributed by atoms with Crippen molar-refractivity contribution >= 4 is 5.91 Å². The largest absolute Gasteiger partial charge is 0.391 e. The number of hydrogen-bond acceptors (Lipinski definition) is 3. The highest BCUT2D eigenvalue weighted by Gasteiger charge is 2.37. The van der Waals surface area contributed by atoms with E-state index < -0.39 is 23.8 Å². The number of carbonyl (C=O) groups excluding carboxylic acids is 1. The molecule has 1 fully saturated rings. The van der Waals surface area contributed by atoms with Gasteiger partial charge in [0.1, 0.15) is 0 Å². The lowest BCUT2D eigenvalue weighted by atomic mass is 10.0. The minimum atomic E-state index is -0.963. The van der Waals surface area contributed by atoms with E-state index in [-0.39, 0.29) is 18.9 Å². The maximum atomic E-state index is 13.6. The molecule has 0 aliphatic carbocycles. The van der Waals surface area contributed by atoms with Gasteiger partial charge in [-0.3, -0.25) is 9.48 Å². The van der Waals surface area contributed by atoms with Gasteiger partial charge in [0.25, 0.3) is 5.91 Å². The summed E-state index contributed by atoms with van der Waals surface area (Å²) in [6, 6.07) is 3.08. The average molecular weight is 335 g/mol. The first-order valence-electron chi connectivity index (χ1n) is 7.73. The van der Waals surface area contributed by atoms with Gasteiger partial charge in [-0.1, -0.05) is 6.07 Å². The van der Waals surface area contributed by atoms with Crippen molar-refractivity contribution in [2.45, 2.75) is 32.4 Å². The molecule has 1 aromatic heterocycles. The molecule has 128 valence electrons. The SMILES string of the molecule is Cc1nn(C)c(C)c1C(=O)N1C[C@H](O)C[C@H]1c1ccc(F)c(F)c1. The number of likely N-dealkylation sites (tertiary alicyclic amines) is 1. The summed E-state index contributed by atoms with van der Waals surface area (Å²) >= 11 is 0. The van der Waals surface area contributed by atoms with Crippen LogP contribution in [-0.2, 0) is 7.05 Å². The molecule has 0 spiro atoms. The molecule has 5 nitrogen and oxygen atoms in total. The Balaban J connectivity index is 1.98. The number of hydrogen-bond donors (Lipinski definition) is 1. The van der Waals surface area contributed by atoms with Gasteiger partial charge in [0.2, 0.25) is 0 Å². The third-order valence-electron chi connectivity index (χ3n) is 4.59. The summed E-state index contributed by atoms with van der Waals surface area (Å²) in [5, 5.41) is 14.3. The number of aromatic nitrogens is 2. The number of amides is 1. The summed E-state index contributed by atoms with van der Waals surface area (Å²) < 4.78 is 28.4. The van der Waals surface area contributed by atoms with E-state index >= 15 is 0 Å². The highest BCUT2D eigenvalue weighted by Crippen LogP contribution is 2.34. The number of aryl methyl sites for hydroxylation is 2. The van der Waals surface area contributed by atoms with E-state index in [1.165, 1.54) is 11.0 Å². The van der Waals surface area contributed by atoms with E-state index in [0.29, 0.717) is 16.8 Å². The molecule has 0 unspecified atom stereocenters. The van der Waals surface area contributed by atoms with Crippen molar-refractivity contribution in [1.82, 2.24) is 14.7 Å². The lowest BCUT2D eigenvalue weighted by Crippen LogP contribution is -2.32. The van der Waals surface area contributed by atoms with Gasteiger partial charge >= 0.3 is 0 Å². The minimum Gasteiger partial charge on any atom is -0.391 e. The molecule has 1 saturated heterocycles. The van der Waals surface area contributed by atoms with Crippen molar-refractivity contribution < 1.29 is 18.7 Å². The number of aliphatic hydroxyl groups is 1. The topological polar surface area (TPSA) is 58.4 Å². The van der Waals surface area contributed by atoms with Gasteiger partial charge in [0.05, 0.1) is 23.4 Å². The lowest BCUT2D eigenvalue weighted by Gasteiger charge is -2.25. The number of carbonyl (C=O) groups is 1. The molecule has 1 N–H and O–H groups in total. The van der Waals surface area contributed by atoms with Crippen LogP contribution in [0.4, 0.5) is 8.78 Å². The second-order valence-corrected chi connectivity index (χ2v) is 6.21. The van der Waals surface area contributed by atoms with Gasteiger partial charge in [-0.15, -0.1) is 0 Å². The van der Waals surface area contributed by atoms with Crippen LogP contribution in [0.25, 0.3) is 0 Å². The lowest BCUT2D eigenvalue weighted by molar-refractivity contribution is 0.0714. The molecule has 7 heteroatoms.